The molecule has 0 aliphatic carbocycles. The average molecular weight is 525 g/mol. The number of hydrogen-bond acceptors (Lipinski definition) is 5. The predicted molar refractivity (Wildman–Crippen MR) is 137 cm³/mol. The van der Waals surface area contributed by atoms with Gasteiger partial charge in [-0.05, 0) is 35.4 Å². The lowest BCUT2D eigenvalue weighted by Gasteiger charge is -2.28. The molecule has 3 aromatic carbocycles. The lowest BCUT2D eigenvalue weighted by molar-refractivity contribution is -0.137. The van der Waals surface area contributed by atoms with Crippen LogP contribution in [0.1, 0.15) is 36.1 Å². The number of benzene rings is 3. The number of alkyl carbamates (subject to hydrolysis) is 1. The lowest BCUT2D eigenvalue weighted by Crippen LogP contribution is -2.25. The molecule has 0 aliphatic heterocycles. The highest BCUT2D eigenvalue weighted by Crippen LogP contribution is 2.40. The van der Waals surface area contributed by atoms with Gasteiger partial charge in [-0.1, -0.05) is 56.3 Å². The Morgan fingerprint density at radius 2 is 1.76 bits per heavy atom. The Morgan fingerprint density at radius 3 is 2.45 bits per heavy atom. The van der Waals surface area contributed by atoms with Crippen molar-refractivity contribution in [3.05, 3.63) is 95.6 Å². The number of carbonyl (C=O) groups excluding carboxylic acids is 1. The number of alkyl halides is 3. The molecule has 0 spiro atoms. The summed E-state index contributed by atoms with van der Waals surface area (Å²) in [6.45, 7) is 7.76. The summed E-state index contributed by atoms with van der Waals surface area (Å²) in [7, 11) is 0. The fourth-order valence-corrected chi connectivity index (χ4v) is 4.13. The number of phenolic OH excluding ortho intramolecular Hbond substituents is 1. The van der Waals surface area contributed by atoms with Gasteiger partial charge in [-0.2, -0.15) is 13.2 Å². The zero-order chi connectivity index (χ0) is 27.5. The van der Waals surface area contributed by atoms with Crippen LogP contribution in [0.2, 0.25) is 0 Å². The van der Waals surface area contributed by atoms with Gasteiger partial charge in [0.1, 0.15) is 22.5 Å². The standard InChI is InChI=1S/C28H27F3N4O3/c1-4-13-32-26(37)38-14-12-18-15-21(27(2,3)19-8-6-5-7-9-19)25(36)24(16-18)35-33-22-11-10-20(28(29,30)31)17-23(22)34-35/h4-11,15-17,36H,1,12-14H2,2-3H3,(H,32,37). The summed E-state index contributed by atoms with van der Waals surface area (Å²) in [4.78, 5) is 12.9. The van der Waals surface area contributed by atoms with Crippen LogP contribution < -0.4 is 5.32 Å². The SMILES string of the molecule is C=CCNC(=O)OCCc1cc(-n2nc3ccc(C(F)(F)F)cc3n2)c(O)c(C(C)(C)c2ccccc2)c1. The molecule has 4 rings (SSSR count). The van der Waals surface area contributed by atoms with Crippen LogP contribution in [-0.4, -0.2) is 39.3 Å². The maximum atomic E-state index is 13.2. The molecular formula is C28H27F3N4O3. The summed E-state index contributed by atoms with van der Waals surface area (Å²) >= 11 is 0. The molecule has 0 saturated heterocycles. The number of hydrogen-bond donors (Lipinski definition) is 2. The van der Waals surface area contributed by atoms with Crippen LogP contribution in [0, 0.1) is 0 Å². The molecule has 0 saturated carbocycles. The van der Waals surface area contributed by atoms with Crippen LogP contribution in [0.25, 0.3) is 16.7 Å². The van der Waals surface area contributed by atoms with Gasteiger partial charge in [0.25, 0.3) is 0 Å². The van der Waals surface area contributed by atoms with E-state index in [2.05, 4.69) is 22.1 Å². The van der Waals surface area contributed by atoms with Gasteiger partial charge < -0.3 is 15.2 Å². The molecule has 0 atom stereocenters. The summed E-state index contributed by atoms with van der Waals surface area (Å²) < 4.78 is 44.9. The van der Waals surface area contributed by atoms with E-state index in [-0.39, 0.29) is 35.6 Å². The highest BCUT2D eigenvalue weighted by atomic mass is 19.4. The molecule has 7 nitrogen and oxygen atoms in total. The summed E-state index contributed by atoms with van der Waals surface area (Å²) in [6, 6.07) is 16.1. The predicted octanol–water partition coefficient (Wildman–Crippen LogP) is 5.93. The van der Waals surface area contributed by atoms with Gasteiger partial charge >= 0.3 is 12.3 Å². The highest BCUT2D eigenvalue weighted by Gasteiger charge is 2.32. The number of amides is 1. The van der Waals surface area contributed by atoms with Crippen LogP contribution in [0.5, 0.6) is 5.75 Å². The number of ether oxygens (including phenoxy) is 1. The van der Waals surface area contributed by atoms with E-state index >= 15 is 0 Å². The zero-order valence-corrected chi connectivity index (χ0v) is 20.9. The summed E-state index contributed by atoms with van der Waals surface area (Å²) in [5, 5.41) is 22.5. The third kappa shape index (κ3) is 5.64. The second-order valence-electron chi connectivity index (χ2n) is 9.25. The van der Waals surface area contributed by atoms with Crippen LogP contribution in [0.15, 0.2) is 73.3 Å². The second-order valence-corrected chi connectivity index (χ2v) is 9.25. The summed E-state index contributed by atoms with van der Waals surface area (Å²) in [5.74, 6) is -0.108. The van der Waals surface area contributed by atoms with Gasteiger partial charge in [0.15, 0.2) is 0 Å². The Morgan fingerprint density at radius 1 is 1.05 bits per heavy atom. The number of phenols is 1. The molecule has 10 heteroatoms. The molecule has 0 radical (unpaired) electrons. The topological polar surface area (TPSA) is 89.3 Å². The van der Waals surface area contributed by atoms with E-state index in [0.717, 1.165) is 22.5 Å². The van der Waals surface area contributed by atoms with Crippen molar-refractivity contribution < 1.29 is 27.8 Å². The fourth-order valence-electron chi connectivity index (χ4n) is 4.13. The number of fused-ring (bicyclic) bond motifs is 1. The number of nitrogens with one attached hydrogen (secondary N) is 1. The number of nitrogens with zero attached hydrogens (tertiary/aromatic N) is 3. The van der Waals surface area contributed by atoms with Crippen LogP contribution >= 0.6 is 0 Å². The molecule has 1 heterocycles. The number of rotatable bonds is 8. The van der Waals surface area contributed by atoms with E-state index in [1.165, 1.54) is 12.1 Å². The van der Waals surface area contributed by atoms with Gasteiger partial charge in [0.2, 0.25) is 0 Å². The van der Waals surface area contributed by atoms with E-state index in [0.29, 0.717) is 17.5 Å². The molecular weight excluding hydrogens is 497 g/mol. The fraction of sp³-hybridized carbons (Fsp3) is 0.250. The first kappa shape index (κ1) is 26.7. The number of halogens is 3. The Hall–Kier alpha value is -4.34. The largest absolute Gasteiger partial charge is 0.505 e. The molecule has 0 fully saturated rings. The maximum Gasteiger partial charge on any atom is 0.416 e. The van der Waals surface area contributed by atoms with E-state index < -0.39 is 23.2 Å². The number of aromatic nitrogens is 3. The van der Waals surface area contributed by atoms with Crippen LogP contribution in [0.3, 0.4) is 0 Å². The quantitative estimate of drug-likeness (QED) is 0.279. The van der Waals surface area contributed by atoms with Gasteiger partial charge in [-0.3, -0.25) is 0 Å². The molecule has 4 aromatic rings. The molecule has 0 bridgehead atoms. The zero-order valence-electron chi connectivity index (χ0n) is 20.9. The Kier molecular flexibility index (Phi) is 7.43. The van der Waals surface area contributed by atoms with Crippen LogP contribution in [0.4, 0.5) is 18.0 Å². The van der Waals surface area contributed by atoms with Crippen molar-refractivity contribution in [2.45, 2.75) is 31.9 Å². The van der Waals surface area contributed by atoms with Crippen molar-refractivity contribution >= 4 is 17.1 Å². The van der Waals surface area contributed by atoms with E-state index in [4.69, 9.17) is 4.74 Å². The molecule has 198 valence electrons. The third-order valence-corrected chi connectivity index (χ3v) is 6.26. The molecule has 2 N–H and O–H groups in total. The average Bonchev–Trinajstić information content (AvgIpc) is 3.31. The second kappa shape index (κ2) is 10.6. The lowest BCUT2D eigenvalue weighted by atomic mass is 9.77. The van der Waals surface area contributed by atoms with E-state index in [1.54, 1.807) is 6.07 Å². The van der Waals surface area contributed by atoms with Crippen molar-refractivity contribution in [2.75, 3.05) is 13.2 Å². The first-order chi connectivity index (χ1) is 18.0. The Bertz CT molecular complexity index is 1460. The minimum absolute atomic E-state index is 0.0377. The summed E-state index contributed by atoms with van der Waals surface area (Å²) in [6.07, 6.45) is -3.27. The smallest absolute Gasteiger partial charge is 0.416 e. The van der Waals surface area contributed by atoms with Crippen molar-refractivity contribution in [3.8, 4) is 11.4 Å². The molecule has 0 unspecified atom stereocenters. The van der Waals surface area contributed by atoms with Gasteiger partial charge in [-0.25, -0.2) is 4.79 Å². The molecule has 1 amide bonds. The van der Waals surface area contributed by atoms with Crippen LogP contribution in [-0.2, 0) is 22.7 Å². The number of carbonyl (C=O) groups is 1. The first-order valence-corrected chi connectivity index (χ1v) is 11.9. The minimum atomic E-state index is -4.52. The van der Waals surface area contributed by atoms with Gasteiger partial charge in [0, 0.05) is 23.9 Å². The van der Waals surface area contributed by atoms with E-state index in [9.17, 15) is 23.1 Å². The number of aromatic hydroxyl groups is 1. The normalized spacial score (nSPS) is 11.9. The van der Waals surface area contributed by atoms with Gasteiger partial charge in [-0.15, -0.1) is 21.6 Å². The van der Waals surface area contributed by atoms with Gasteiger partial charge in [0.05, 0.1) is 12.2 Å². The highest BCUT2D eigenvalue weighted by molar-refractivity contribution is 5.75. The monoisotopic (exact) mass is 524 g/mol. The summed E-state index contributed by atoms with van der Waals surface area (Å²) in [5.41, 5.74) is 1.19. The van der Waals surface area contributed by atoms with Crippen molar-refractivity contribution in [3.63, 3.8) is 0 Å². The first-order valence-electron chi connectivity index (χ1n) is 11.9. The third-order valence-electron chi connectivity index (χ3n) is 6.26. The molecule has 38 heavy (non-hydrogen) atoms. The minimum Gasteiger partial charge on any atom is -0.505 e. The molecule has 0 aliphatic rings. The Balaban J connectivity index is 1.77. The van der Waals surface area contributed by atoms with Crippen molar-refractivity contribution in [2.24, 2.45) is 0 Å². The Labute approximate surface area is 217 Å². The van der Waals surface area contributed by atoms with Crippen molar-refractivity contribution in [1.29, 1.82) is 0 Å². The van der Waals surface area contributed by atoms with Crippen molar-refractivity contribution in [1.82, 2.24) is 20.3 Å². The molecule has 1 aromatic heterocycles. The maximum absolute atomic E-state index is 13.2. The van der Waals surface area contributed by atoms with E-state index in [1.807, 2.05) is 50.2 Å².